The number of para-hydroxylation sites is 2. The Morgan fingerprint density at radius 1 is 1.04 bits per heavy atom. The van der Waals surface area contributed by atoms with Gasteiger partial charge in [0, 0.05) is 5.56 Å². The Morgan fingerprint density at radius 2 is 1.96 bits per heavy atom. The minimum absolute atomic E-state index is 0.292. The molecular formula is C20H18N2O2. The van der Waals surface area contributed by atoms with Gasteiger partial charge in [-0.15, -0.1) is 0 Å². The number of ether oxygens (including phenoxy) is 2. The summed E-state index contributed by atoms with van der Waals surface area (Å²) in [5.41, 5.74) is 3.28. The molecular weight excluding hydrogens is 300 g/mol. The van der Waals surface area contributed by atoms with Crippen molar-refractivity contribution in [3.05, 3.63) is 54.6 Å². The number of fused-ring (bicyclic) bond motifs is 2. The van der Waals surface area contributed by atoms with E-state index < -0.39 is 0 Å². The predicted molar refractivity (Wildman–Crippen MR) is 93.3 cm³/mol. The first-order chi connectivity index (χ1) is 11.9. The largest absolute Gasteiger partial charge is 0.454 e. The highest BCUT2D eigenvalue weighted by Gasteiger charge is 2.21. The van der Waals surface area contributed by atoms with E-state index >= 15 is 0 Å². The number of imidazole rings is 1. The zero-order chi connectivity index (χ0) is 15.9. The number of hydrogen-bond acceptors (Lipinski definition) is 3. The van der Waals surface area contributed by atoms with Gasteiger partial charge in [-0.1, -0.05) is 24.3 Å². The van der Waals surface area contributed by atoms with Crippen LogP contribution in [0.15, 0.2) is 54.6 Å². The van der Waals surface area contributed by atoms with E-state index in [2.05, 4.69) is 41.0 Å². The van der Waals surface area contributed by atoms with Crippen molar-refractivity contribution in [2.45, 2.75) is 25.3 Å². The van der Waals surface area contributed by atoms with Gasteiger partial charge in [-0.05, 0) is 49.6 Å². The van der Waals surface area contributed by atoms with Crippen molar-refractivity contribution in [1.82, 2.24) is 9.55 Å². The lowest BCUT2D eigenvalue weighted by atomic mass is 10.0. The molecule has 2 aromatic carbocycles. The molecule has 24 heavy (non-hydrogen) atoms. The van der Waals surface area contributed by atoms with Crippen molar-refractivity contribution in [2.24, 2.45) is 0 Å². The van der Waals surface area contributed by atoms with E-state index in [9.17, 15) is 0 Å². The van der Waals surface area contributed by atoms with Gasteiger partial charge in [-0.3, -0.25) is 0 Å². The monoisotopic (exact) mass is 318 g/mol. The van der Waals surface area contributed by atoms with E-state index in [0.29, 0.717) is 12.8 Å². The summed E-state index contributed by atoms with van der Waals surface area (Å²) in [7, 11) is 0. The third-order valence-corrected chi connectivity index (χ3v) is 4.79. The standard InChI is InChI=1S/C20H18N2O2/c1-2-6-15(7-3-1)22-17-9-5-4-8-16(17)21-20(22)14-10-11-18-19(12-14)24-13-23-18/h2,4-6,8-12,15H,1,3,7,13H2. The molecule has 3 aromatic rings. The first-order valence-electron chi connectivity index (χ1n) is 8.44. The molecule has 0 fully saturated rings. The van der Waals surface area contributed by atoms with Crippen LogP contribution in [0.1, 0.15) is 25.3 Å². The summed E-state index contributed by atoms with van der Waals surface area (Å²) in [5, 5.41) is 0. The second kappa shape index (κ2) is 5.41. The normalized spacial score (nSPS) is 19.1. The number of aromatic nitrogens is 2. The highest BCUT2D eigenvalue weighted by atomic mass is 16.7. The number of allylic oxidation sites excluding steroid dienone is 2. The number of rotatable bonds is 2. The molecule has 4 heteroatoms. The number of hydrogen-bond donors (Lipinski definition) is 0. The van der Waals surface area contributed by atoms with Gasteiger partial charge in [-0.25, -0.2) is 4.98 Å². The van der Waals surface area contributed by atoms with Gasteiger partial charge in [-0.2, -0.15) is 0 Å². The Kier molecular flexibility index (Phi) is 3.08. The molecule has 0 saturated heterocycles. The summed E-state index contributed by atoms with van der Waals surface area (Å²) in [5.74, 6) is 2.59. The van der Waals surface area contributed by atoms with Crippen LogP contribution in [0.3, 0.4) is 0 Å². The lowest BCUT2D eigenvalue weighted by Crippen LogP contribution is -2.10. The molecule has 1 aliphatic heterocycles. The van der Waals surface area contributed by atoms with Crippen LogP contribution in [-0.2, 0) is 0 Å². The van der Waals surface area contributed by atoms with Crippen LogP contribution >= 0.6 is 0 Å². The fourth-order valence-electron chi connectivity index (χ4n) is 3.63. The van der Waals surface area contributed by atoms with Crippen LogP contribution in [0.4, 0.5) is 0 Å². The molecule has 120 valence electrons. The first-order valence-corrected chi connectivity index (χ1v) is 8.44. The molecule has 1 aromatic heterocycles. The van der Waals surface area contributed by atoms with Crippen molar-refractivity contribution in [3.8, 4) is 22.9 Å². The van der Waals surface area contributed by atoms with Crippen LogP contribution in [0, 0.1) is 0 Å². The third-order valence-electron chi connectivity index (χ3n) is 4.79. The topological polar surface area (TPSA) is 36.3 Å². The molecule has 2 aliphatic rings. The van der Waals surface area contributed by atoms with Gasteiger partial charge in [0.05, 0.1) is 17.1 Å². The fraction of sp³-hybridized carbons (Fsp3) is 0.250. The molecule has 0 bridgehead atoms. The predicted octanol–water partition coefficient (Wildman–Crippen LogP) is 4.71. The van der Waals surface area contributed by atoms with E-state index in [1.165, 1.54) is 18.4 Å². The second-order valence-electron chi connectivity index (χ2n) is 6.29. The number of nitrogens with zero attached hydrogens (tertiary/aromatic N) is 2. The van der Waals surface area contributed by atoms with Crippen LogP contribution in [-0.4, -0.2) is 16.3 Å². The van der Waals surface area contributed by atoms with E-state index in [0.717, 1.165) is 34.8 Å². The lowest BCUT2D eigenvalue weighted by molar-refractivity contribution is 0.174. The van der Waals surface area contributed by atoms with E-state index in [4.69, 9.17) is 14.5 Å². The Balaban J connectivity index is 1.72. The summed E-state index contributed by atoms with van der Waals surface area (Å²) in [6.45, 7) is 0.292. The Labute approximate surface area is 140 Å². The third kappa shape index (κ3) is 2.10. The molecule has 0 amide bonds. The molecule has 0 spiro atoms. The number of benzene rings is 2. The van der Waals surface area contributed by atoms with Crippen molar-refractivity contribution in [2.75, 3.05) is 6.79 Å². The van der Waals surface area contributed by atoms with E-state index in [-0.39, 0.29) is 0 Å². The Hall–Kier alpha value is -2.75. The molecule has 1 aliphatic carbocycles. The zero-order valence-electron chi connectivity index (χ0n) is 13.3. The summed E-state index contributed by atoms with van der Waals surface area (Å²) in [6, 6.07) is 14.8. The molecule has 2 heterocycles. The van der Waals surface area contributed by atoms with Gasteiger partial charge in [0.25, 0.3) is 0 Å². The molecule has 5 rings (SSSR count). The fourth-order valence-corrected chi connectivity index (χ4v) is 3.63. The second-order valence-corrected chi connectivity index (χ2v) is 6.29. The maximum absolute atomic E-state index is 5.55. The van der Waals surface area contributed by atoms with E-state index in [1.54, 1.807) is 0 Å². The van der Waals surface area contributed by atoms with Crippen molar-refractivity contribution < 1.29 is 9.47 Å². The quantitative estimate of drug-likeness (QED) is 0.642. The van der Waals surface area contributed by atoms with Gasteiger partial charge < -0.3 is 14.0 Å². The summed E-state index contributed by atoms with van der Waals surface area (Å²) in [4.78, 5) is 4.92. The highest BCUT2D eigenvalue weighted by Crippen LogP contribution is 2.38. The molecule has 0 N–H and O–H groups in total. The first kappa shape index (κ1) is 13.7. The smallest absolute Gasteiger partial charge is 0.231 e. The van der Waals surface area contributed by atoms with Crippen molar-refractivity contribution in [1.29, 1.82) is 0 Å². The minimum Gasteiger partial charge on any atom is -0.454 e. The molecule has 0 saturated carbocycles. The molecule has 1 atom stereocenters. The van der Waals surface area contributed by atoms with Crippen LogP contribution in [0.25, 0.3) is 22.4 Å². The summed E-state index contributed by atoms with van der Waals surface area (Å²) >= 11 is 0. The maximum Gasteiger partial charge on any atom is 0.231 e. The average Bonchev–Trinajstić information content (AvgIpc) is 3.26. The van der Waals surface area contributed by atoms with E-state index in [1.807, 2.05) is 18.2 Å². The summed E-state index contributed by atoms with van der Waals surface area (Å²) in [6.07, 6.45) is 8.13. The summed E-state index contributed by atoms with van der Waals surface area (Å²) < 4.78 is 13.3. The minimum atomic E-state index is 0.292. The van der Waals surface area contributed by atoms with Gasteiger partial charge >= 0.3 is 0 Å². The average molecular weight is 318 g/mol. The maximum atomic E-state index is 5.55. The van der Waals surface area contributed by atoms with Gasteiger partial charge in [0.2, 0.25) is 6.79 Å². The van der Waals surface area contributed by atoms with Crippen LogP contribution in [0.2, 0.25) is 0 Å². The molecule has 4 nitrogen and oxygen atoms in total. The Bertz CT molecular complexity index is 942. The van der Waals surface area contributed by atoms with Crippen LogP contribution < -0.4 is 9.47 Å². The SMILES string of the molecule is C1=CC(n2c(-c3ccc4c(c3)OCO4)nc3ccccc32)CCC1. The van der Waals surface area contributed by atoms with Gasteiger partial charge in [0.15, 0.2) is 11.5 Å². The molecule has 1 unspecified atom stereocenters. The zero-order valence-corrected chi connectivity index (χ0v) is 13.3. The van der Waals surface area contributed by atoms with Gasteiger partial charge in [0.1, 0.15) is 5.82 Å². The van der Waals surface area contributed by atoms with Crippen molar-refractivity contribution >= 4 is 11.0 Å². The molecule has 0 radical (unpaired) electrons. The van der Waals surface area contributed by atoms with Crippen LogP contribution in [0.5, 0.6) is 11.5 Å². The lowest BCUT2D eigenvalue weighted by Gasteiger charge is -2.21. The van der Waals surface area contributed by atoms with Crippen molar-refractivity contribution in [3.63, 3.8) is 0 Å². The highest BCUT2D eigenvalue weighted by molar-refractivity contribution is 5.81. The Morgan fingerprint density at radius 3 is 2.88 bits per heavy atom.